The van der Waals surface area contributed by atoms with E-state index in [0.29, 0.717) is 12.8 Å². The molecular formula is C25H38N2O6S. The Morgan fingerprint density at radius 1 is 1.03 bits per heavy atom. The topological polar surface area (TPSA) is 111 Å². The lowest BCUT2D eigenvalue weighted by Gasteiger charge is -2.34. The summed E-state index contributed by atoms with van der Waals surface area (Å²) in [6.45, 7) is 10.7. The van der Waals surface area contributed by atoms with E-state index in [1.807, 2.05) is 44.2 Å². The van der Waals surface area contributed by atoms with Crippen LogP contribution in [0.15, 0.2) is 30.3 Å². The number of carbonyl (C=O) groups is 4. The minimum Gasteiger partial charge on any atom is -0.464 e. The van der Waals surface area contributed by atoms with Crippen molar-refractivity contribution in [2.75, 3.05) is 13.2 Å². The van der Waals surface area contributed by atoms with E-state index in [1.54, 1.807) is 20.8 Å². The number of carbonyl (C=O) groups excluding carboxylic acids is 4. The number of rotatable bonds is 14. The summed E-state index contributed by atoms with van der Waals surface area (Å²) in [6.07, 6.45) is 0.605. The van der Waals surface area contributed by atoms with Crippen molar-refractivity contribution in [1.82, 2.24) is 10.6 Å². The lowest BCUT2D eigenvalue weighted by molar-refractivity contribution is -0.150. The number of hydrogen-bond acceptors (Lipinski definition) is 7. The van der Waals surface area contributed by atoms with Crippen LogP contribution in [0.5, 0.6) is 0 Å². The van der Waals surface area contributed by atoms with Gasteiger partial charge in [0.25, 0.3) is 0 Å². The van der Waals surface area contributed by atoms with Crippen LogP contribution in [0.1, 0.15) is 59.9 Å². The first-order chi connectivity index (χ1) is 16.1. The molecule has 2 amide bonds. The zero-order chi connectivity index (χ0) is 25.7. The number of nitrogens with one attached hydrogen (secondary N) is 2. The molecule has 1 aromatic carbocycles. The van der Waals surface area contributed by atoms with Crippen LogP contribution in [0.2, 0.25) is 0 Å². The van der Waals surface area contributed by atoms with Gasteiger partial charge in [0.2, 0.25) is 11.8 Å². The summed E-state index contributed by atoms with van der Waals surface area (Å²) < 4.78 is 10.8. The van der Waals surface area contributed by atoms with Crippen molar-refractivity contribution >= 4 is 34.7 Å². The predicted octanol–water partition coefficient (Wildman–Crippen LogP) is 3.23. The van der Waals surface area contributed by atoms with Crippen LogP contribution in [0.4, 0.5) is 0 Å². The van der Waals surface area contributed by atoms with Gasteiger partial charge in [0, 0.05) is 6.92 Å². The van der Waals surface area contributed by atoms with Gasteiger partial charge < -0.3 is 20.1 Å². The maximum Gasteiger partial charge on any atom is 0.331 e. The second-order valence-corrected chi connectivity index (χ2v) is 9.65. The summed E-state index contributed by atoms with van der Waals surface area (Å²) in [4.78, 5) is 50.5. The third-order valence-electron chi connectivity index (χ3n) is 5.43. The van der Waals surface area contributed by atoms with Gasteiger partial charge in [-0.3, -0.25) is 14.4 Å². The summed E-state index contributed by atoms with van der Waals surface area (Å²) in [5.74, 6) is -1.60. The van der Waals surface area contributed by atoms with Crippen LogP contribution in [0.3, 0.4) is 0 Å². The number of thioether (sulfide) groups is 1. The molecule has 9 heteroatoms. The molecule has 0 saturated heterocycles. The molecule has 0 radical (unpaired) electrons. The standard InChI is InChI=1S/C25H38N2O6S/c1-7-25(8-2,27-22(29)21(17(4)5)34-18(6)28)24(31)26-20(23(30)33-9-3)16-32-15-19-13-11-10-12-14-19/h10-14,17,20-21H,7-9,15-16H2,1-6H3,(H,26,31)(H,27,29)/t20-,21-/m0/s1. The molecule has 1 aromatic rings. The zero-order valence-electron chi connectivity index (χ0n) is 21.0. The quantitative estimate of drug-likeness (QED) is 0.382. The molecule has 0 bridgehead atoms. The van der Waals surface area contributed by atoms with E-state index in [4.69, 9.17) is 9.47 Å². The van der Waals surface area contributed by atoms with Crippen molar-refractivity contribution < 1.29 is 28.7 Å². The second-order valence-electron chi connectivity index (χ2n) is 8.33. The van der Waals surface area contributed by atoms with Crippen LogP contribution >= 0.6 is 11.8 Å². The van der Waals surface area contributed by atoms with E-state index < -0.39 is 28.7 Å². The largest absolute Gasteiger partial charge is 0.464 e. The molecule has 1 rings (SSSR count). The third-order valence-corrected chi connectivity index (χ3v) is 6.78. The molecular weight excluding hydrogens is 456 g/mol. The minimum atomic E-state index is -1.24. The fraction of sp³-hybridized carbons (Fsp3) is 0.600. The van der Waals surface area contributed by atoms with Gasteiger partial charge in [-0.1, -0.05) is 69.8 Å². The second kappa shape index (κ2) is 14.8. The Morgan fingerprint density at radius 2 is 1.65 bits per heavy atom. The van der Waals surface area contributed by atoms with Gasteiger partial charge >= 0.3 is 5.97 Å². The molecule has 0 aliphatic heterocycles. The Balaban J connectivity index is 2.99. The lowest BCUT2D eigenvalue weighted by Crippen LogP contribution is -2.62. The van der Waals surface area contributed by atoms with Crippen molar-refractivity contribution in [3.05, 3.63) is 35.9 Å². The van der Waals surface area contributed by atoms with E-state index >= 15 is 0 Å². The molecule has 0 unspecified atom stereocenters. The summed E-state index contributed by atoms with van der Waals surface area (Å²) in [6, 6.07) is 8.44. The normalized spacial score (nSPS) is 13.1. The maximum atomic E-state index is 13.4. The summed E-state index contributed by atoms with van der Waals surface area (Å²) >= 11 is 0.947. The van der Waals surface area contributed by atoms with Crippen LogP contribution in [0.25, 0.3) is 0 Å². The van der Waals surface area contributed by atoms with Gasteiger partial charge in [-0.05, 0) is 31.2 Å². The average molecular weight is 495 g/mol. The molecule has 0 aliphatic carbocycles. The van der Waals surface area contributed by atoms with Crippen molar-refractivity contribution in [3.63, 3.8) is 0 Å². The third kappa shape index (κ3) is 9.10. The highest BCUT2D eigenvalue weighted by molar-refractivity contribution is 8.14. The summed E-state index contributed by atoms with van der Waals surface area (Å²) in [5.41, 5.74) is -0.311. The van der Waals surface area contributed by atoms with Crippen molar-refractivity contribution in [3.8, 4) is 0 Å². The van der Waals surface area contributed by atoms with Crippen molar-refractivity contribution in [1.29, 1.82) is 0 Å². The first kappa shape index (κ1) is 29.6. The monoisotopic (exact) mass is 494 g/mol. The van der Waals surface area contributed by atoms with Crippen LogP contribution in [-0.4, -0.2) is 52.9 Å². The molecule has 2 N–H and O–H groups in total. The average Bonchev–Trinajstić information content (AvgIpc) is 2.80. The van der Waals surface area contributed by atoms with Crippen molar-refractivity contribution in [2.45, 2.75) is 77.8 Å². The Morgan fingerprint density at radius 3 is 2.15 bits per heavy atom. The molecule has 2 atom stereocenters. The fourth-order valence-corrected chi connectivity index (χ4v) is 4.16. The highest BCUT2D eigenvalue weighted by atomic mass is 32.2. The van der Waals surface area contributed by atoms with Crippen LogP contribution in [0, 0.1) is 5.92 Å². The molecule has 34 heavy (non-hydrogen) atoms. The van der Waals surface area contributed by atoms with Gasteiger partial charge in [-0.15, -0.1) is 0 Å². The first-order valence-corrected chi connectivity index (χ1v) is 12.6. The molecule has 0 aromatic heterocycles. The Hall–Kier alpha value is -2.39. The Kier molecular flexibility index (Phi) is 12.9. The van der Waals surface area contributed by atoms with Gasteiger partial charge in [-0.25, -0.2) is 4.79 Å². The van der Waals surface area contributed by atoms with E-state index in [-0.39, 0.29) is 36.8 Å². The Bertz CT molecular complexity index is 811. The highest BCUT2D eigenvalue weighted by Gasteiger charge is 2.40. The fourth-order valence-electron chi connectivity index (χ4n) is 3.36. The van der Waals surface area contributed by atoms with Gasteiger partial charge in [-0.2, -0.15) is 0 Å². The van der Waals surface area contributed by atoms with Gasteiger partial charge in [0.15, 0.2) is 11.2 Å². The lowest BCUT2D eigenvalue weighted by atomic mass is 9.90. The number of esters is 1. The smallest absolute Gasteiger partial charge is 0.331 e. The van der Waals surface area contributed by atoms with Gasteiger partial charge in [0.1, 0.15) is 5.54 Å². The number of hydrogen-bond donors (Lipinski definition) is 2. The van der Waals surface area contributed by atoms with E-state index in [1.165, 1.54) is 6.92 Å². The van der Waals surface area contributed by atoms with Crippen LogP contribution < -0.4 is 10.6 Å². The SMILES string of the molecule is CCOC(=O)[C@H](COCc1ccccc1)NC(=O)C(CC)(CC)NC(=O)[C@@H](SC(C)=O)C(C)C. The van der Waals surface area contributed by atoms with Crippen LogP contribution in [-0.2, 0) is 35.3 Å². The molecule has 0 heterocycles. The van der Waals surface area contributed by atoms with E-state index in [0.717, 1.165) is 17.3 Å². The highest BCUT2D eigenvalue weighted by Crippen LogP contribution is 2.24. The molecule has 190 valence electrons. The van der Waals surface area contributed by atoms with Crippen molar-refractivity contribution in [2.24, 2.45) is 5.92 Å². The molecule has 0 aliphatic rings. The molecule has 0 fully saturated rings. The zero-order valence-corrected chi connectivity index (χ0v) is 21.8. The number of ether oxygens (including phenoxy) is 2. The van der Waals surface area contributed by atoms with E-state index in [9.17, 15) is 19.2 Å². The molecule has 0 spiro atoms. The predicted molar refractivity (Wildman–Crippen MR) is 133 cm³/mol. The molecule has 8 nitrogen and oxygen atoms in total. The Labute approximate surface area is 206 Å². The summed E-state index contributed by atoms with van der Waals surface area (Å²) in [5, 5.41) is 4.78. The van der Waals surface area contributed by atoms with E-state index in [2.05, 4.69) is 10.6 Å². The number of amides is 2. The summed E-state index contributed by atoms with van der Waals surface area (Å²) in [7, 11) is 0. The maximum absolute atomic E-state index is 13.4. The minimum absolute atomic E-state index is 0.0776. The first-order valence-electron chi connectivity index (χ1n) is 11.7. The number of benzene rings is 1. The molecule has 0 saturated carbocycles. The van der Waals surface area contributed by atoms with Gasteiger partial charge in [0.05, 0.1) is 25.1 Å².